The van der Waals surface area contributed by atoms with Crippen LogP contribution in [0, 0.1) is 0 Å². The second-order valence-corrected chi connectivity index (χ2v) is 6.04. The van der Waals surface area contributed by atoms with Gasteiger partial charge in [-0.1, -0.05) is 51.8 Å². The minimum Gasteiger partial charge on any atom is -0.271 e. The number of hydrazine groups is 1. The van der Waals surface area contributed by atoms with Gasteiger partial charge >= 0.3 is 0 Å². The van der Waals surface area contributed by atoms with Gasteiger partial charge in [0.05, 0.1) is 11.6 Å². The predicted molar refractivity (Wildman–Crippen MR) is 90.1 cm³/mol. The van der Waals surface area contributed by atoms with Gasteiger partial charge in [-0.15, -0.1) is 0 Å². The van der Waals surface area contributed by atoms with Crippen molar-refractivity contribution in [2.75, 3.05) is 0 Å². The Morgan fingerprint density at radius 2 is 2.00 bits per heavy atom. The van der Waals surface area contributed by atoms with Crippen molar-refractivity contribution in [2.24, 2.45) is 5.84 Å². The largest absolute Gasteiger partial charge is 0.271 e. The van der Waals surface area contributed by atoms with E-state index in [-0.39, 0.29) is 6.04 Å². The monoisotopic (exact) mass is 361 g/mol. The molecule has 0 spiro atoms. The highest BCUT2D eigenvalue weighted by atomic mass is 79.9. The molecule has 0 fully saturated rings. The zero-order valence-corrected chi connectivity index (χ0v) is 13.4. The highest BCUT2D eigenvalue weighted by molar-refractivity contribution is 9.10. The topological polar surface area (TPSA) is 50.9 Å². The van der Waals surface area contributed by atoms with Crippen molar-refractivity contribution in [1.29, 1.82) is 0 Å². The van der Waals surface area contributed by atoms with E-state index in [9.17, 15) is 0 Å². The predicted octanol–water partition coefficient (Wildman–Crippen LogP) is 4.20. The Labute approximate surface area is 136 Å². The summed E-state index contributed by atoms with van der Waals surface area (Å²) in [5.41, 5.74) is 5.72. The molecule has 0 aliphatic heterocycles. The van der Waals surface area contributed by atoms with Crippen LogP contribution in [0.5, 0.6) is 0 Å². The lowest BCUT2D eigenvalue weighted by atomic mass is 9.98. The van der Waals surface area contributed by atoms with Crippen LogP contribution in [0.15, 0.2) is 59.2 Å². The number of pyridine rings is 1. The third-order valence-corrected chi connectivity index (χ3v) is 4.22. The highest BCUT2D eigenvalue weighted by Crippen LogP contribution is 2.31. The van der Waals surface area contributed by atoms with Crippen molar-refractivity contribution in [3.63, 3.8) is 0 Å². The molecular weight excluding hydrogens is 350 g/mol. The summed E-state index contributed by atoms with van der Waals surface area (Å²) in [6, 6.07) is 15.6. The molecule has 0 aliphatic carbocycles. The van der Waals surface area contributed by atoms with E-state index in [1.54, 1.807) is 6.20 Å². The van der Waals surface area contributed by atoms with Crippen LogP contribution in [0.4, 0.5) is 0 Å². The molecule has 1 atom stereocenters. The van der Waals surface area contributed by atoms with Gasteiger partial charge in [-0.3, -0.25) is 10.8 Å². The van der Waals surface area contributed by atoms with Gasteiger partial charge in [0.25, 0.3) is 0 Å². The highest BCUT2D eigenvalue weighted by Gasteiger charge is 2.16. The van der Waals surface area contributed by atoms with Crippen LogP contribution >= 0.6 is 27.5 Å². The van der Waals surface area contributed by atoms with Gasteiger partial charge in [0.1, 0.15) is 0 Å². The number of aromatic nitrogens is 1. The molecular formula is C16H13BrClN3. The van der Waals surface area contributed by atoms with Gasteiger partial charge in [0.15, 0.2) is 0 Å². The number of fused-ring (bicyclic) bond motifs is 1. The number of nitrogens with one attached hydrogen (secondary N) is 1. The first-order valence-corrected chi connectivity index (χ1v) is 7.62. The van der Waals surface area contributed by atoms with Gasteiger partial charge in [-0.2, -0.15) is 0 Å². The summed E-state index contributed by atoms with van der Waals surface area (Å²) >= 11 is 9.74. The van der Waals surface area contributed by atoms with Gasteiger partial charge in [0.2, 0.25) is 0 Å². The zero-order valence-electron chi connectivity index (χ0n) is 11.1. The summed E-state index contributed by atoms with van der Waals surface area (Å²) in [7, 11) is 0. The van der Waals surface area contributed by atoms with Gasteiger partial charge in [-0.05, 0) is 35.4 Å². The van der Waals surface area contributed by atoms with E-state index in [0.717, 1.165) is 26.5 Å². The smallest absolute Gasteiger partial charge is 0.0725 e. The van der Waals surface area contributed by atoms with Crippen LogP contribution < -0.4 is 11.3 Å². The molecule has 3 rings (SSSR count). The molecule has 0 radical (unpaired) electrons. The maximum absolute atomic E-state index is 6.33. The van der Waals surface area contributed by atoms with E-state index in [0.29, 0.717) is 5.02 Å². The molecule has 2 aromatic carbocycles. The zero-order chi connectivity index (χ0) is 14.8. The van der Waals surface area contributed by atoms with Crippen LogP contribution in [0.2, 0.25) is 5.02 Å². The fourth-order valence-corrected chi connectivity index (χ4v) is 3.15. The Kier molecular flexibility index (Phi) is 4.22. The van der Waals surface area contributed by atoms with Crippen molar-refractivity contribution in [2.45, 2.75) is 6.04 Å². The van der Waals surface area contributed by atoms with Gasteiger partial charge < -0.3 is 0 Å². The van der Waals surface area contributed by atoms with E-state index in [4.69, 9.17) is 17.4 Å². The normalized spacial score (nSPS) is 12.5. The van der Waals surface area contributed by atoms with Crippen molar-refractivity contribution in [3.8, 4) is 0 Å². The molecule has 1 unspecified atom stereocenters. The van der Waals surface area contributed by atoms with Gasteiger partial charge in [-0.25, -0.2) is 5.43 Å². The summed E-state index contributed by atoms with van der Waals surface area (Å²) in [4.78, 5) is 4.38. The fourth-order valence-electron chi connectivity index (χ4n) is 2.36. The van der Waals surface area contributed by atoms with E-state index >= 15 is 0 Å². The van der Waals surface area contributed by atoms with Crippen LogP contribution in [-0.4, -0.2) is 4.98 Å². The first kappa shape index (κ1) is 14.5. The second-order valence-electron chi connectivity index (χ2n) is 4.72. The number of nitrogens with two attached hydrogens (primary N) is 1. The SMILES string of the molecule is NNC(c1ccc2cccnc2c1)c1ccc(Br)cc1Cl. The summed E-state index contributed by atoms with van der Waals surface area (Å²) in [6.45, 7) is 0. The van der Waals surface area contributed by atoms with Crippen LogP contribution in [0.25, 0.3) is 10.9 Å². The summed E-state index contributed by atoms with van der Waals surface area (Å²) in [5, 5.41) is 1.76. The third kappa shape index (κ3) is 2.94. The Morgan fingerprint density at radius 1 is 1.14 bits per heavy atom. The molecule has 0 amide bonds. The van der Waals surface area contributed by atoms with Crippen LogP contribution in [-0.2, 0) is 0 Å². The van der Waals surface area contributed by atoms with E-state index < -0.39 is 0 Å². The number of nitrogens with zero attached hydrogens (tertiary/aromatic N) is 1. The molecule has 0 saturated carbocycles. The first-order valence-electron chi connectivity index (χ1n) is 6.45. The molecule has 1 aromatic heterocycles. The summed E-state index contributed by atoms with van der Waals surface area (Å²) in [5.74, 6) is 5.75. The Balaban J connectivity index is 2.09. The number of benzene rings is 2. The quantitative estimate of drug-likeness (QED) is 0.542. The number of hydrogen-bond donors (Lipinski definition) is 2. The average molecular weight is 363 g/mol. The molecule has 0 bridgehead atoms. The molecule has 3 N–H and O–H groups in total. The standard InChI is InChI=1S/C16H13BrClN3/c17-12-5-6-13(14(18)9-12)16(21-19)11-4-3-10-2-1-7-20-15(10)8-11/h1-9,16,21H,19H2. The molecule has 0 aliphatic rings. The van der Waals surface area contributed by atoms with Crippen LogP contribution in [0.1, 0.15) is 17.2 Å². The van der Waals surface area contributed by atoms with Crippen molar-refractivity contribution < 1.29 is 0 Å². The minimum absolute atomic E-state index is 0.183. The number of hydrogen-bond acceptors (Lipinski definition) is 3. The van der Waals surface area contributed by atoms with Gasteiger partial charge in [0, 0.05) is 21.1 Å². The van der Waals surface area contributed by atoms with E-state index in [1.165, 1.54) is 0 Å². The lowest BCUT2D eigenvalue weighted by molar-refractivity contribution is 0.637. The molecule has 3 aromatic rings. The first-order chi connectivity index (χ1) is 10.2. The maximum Gasteiger partial charge on any atom is 0.0725 e. The molecule has 1 heterocycles. The number of rotatable bonds is 3. The maximum atomic E-state index is 6.33. The average Bonchev–Trinajstić information content (AvgIpc) is 2.50. The third-order valence-electron chi connectivity index (χ3n) is 3.40. The Morgan fingerprint density at radius 3 is 2.76 bits per heavy atom. The molecule has 5 heteroatoms. The fraction of sp³-hybridized carbons (Fsp3) is 0.0625. The Bertz CT molecular complexity index is 791. The van der Waals surface area contributed by atoms with Crippen molar-refractivity contribution in [1.82, 2.24) is 10.4 Å². The van der Waals surface area contributed by atoms with E-state index in [2.05, 4.69) is 26.3 Å². The molecule has 3 nitrogen and oxygen atoms in total. The molecule has 106 valence electrons. The number of halogens is 2. The minimum atomic E-state index is -0.183. The summed E-state index contributed by atoms with van der Waals surface area (Å²) in [6.07, 6.45) is 1.78. The molecule has 0 saturated heterocycles. The lowest BCUT2D eigenvalue weighted by Gasteiger charge is -2.19. The Hall–Kier alpha value is -1.46. The van der Waals surface area contributed by atoms with E-state index in [1.807, 2.05) is 48.5 Å². The van der Waals surface area contributed by atoms with Crippen molar-refractivity contribution >= 4 is 38.4 Å². The van der Waals surface area contributed by atoms with Crippen LogP contribution in [0.3, 0.4) is 0 Å². The van der Waals surface area contributed by atoms with Crippen molar-refractivity contribution in [3.05, 3.63) is 75.4 Å². The second kappa shape index (κ2) is 6.12. The summed E-state index contributed by atoms with van der Waals surface area (Å²) < 4.78 is 0.937. The lowest BCUT2D eigenvalue weighted by Crippen LogP contribution is -2.29. The molecule has 21 heavy (non-hydrogen) atoms.